The van der Waals surface area contributed by atoms with Crippen molar-refractivity contribution < 1.29 is 23.6 Å². The van der Waals surface area contributed by atoms with Gasteiger partial charge in [-0.1, -0.05) is 35.5 Å². The lowest BCUT2D eigenvalue weighted by Crippen LogP contribution is -2.15. The molecule has 172 valence electrons. The Kier molecular flexibility index (Phi) is 5.90. The molecule has 2 aromatic carbocycles. The topological polar surface area (TPSA) is 90.7 Å². The zero-order chi connectivity index (χ0) is 23.7. The fraction of sp³-hybridized carbons (Fsp3) is 0.192. The molecule has 2 aromatic heterocycles. The maximum atomic E-state index is 13.0. The van der Waals surface area contributed by atoms with E-state index in [-0.39, 0.29) is 18.4 Å². The van der Waals surface area contributed by atoms with E-state index in [2.05, 4.69) is 10.5 Å². The molecule has 0 radical (unpaired) electrons. The normalized spacial score (nSPS) is 14.4. The molecule has 0 saturated carbocycles. The Morgan fingerprint density at radius 2 is 1.97 bits per heavy atom. The van der Waals surface area contributed by atoms with Gasteiger partial charge in [-0.3, -0.25) is 4.79 Å². The van der Waals surface area contributed by atoms with Gasteiger partial charge in [0.15, 0.2) is 11.5 Å². The maximum Gasteiger partial charge on any atom is 0.341 e. The first kappa shape index (κ1) is 21.9. The summed E-state index contributed by atoms with van der Waals surface area (Å²) in [6.07, 6.45) is 0.963. The summed E-state index contributed by atoms with van der Waals surface area (Å²) in [5, 5.41) is 8.98. The fourth-order valence-corrected chi connectivity index (χ4v) is 4.90. The van der Waals surface area contributed by atoms with Crippen molar-refractivity contribution in [2.24, 2.45) is 0 Å². The van der Waals surface area contributed by atoms with E-state index in [0.717, 1.165) is 28.9 Å². The standard InChI is InChI=1S/C26H22N2O5S/c1-3-31-26(30)23-19(16-7-5-4-6-8-16)14-34-25(23)27-24(29)20-13-22(33-28-20)17-9-10-21-18(12-17)11-15(2)32-21/h4-10,12-15H,3,11H2,1-2H3,(H,27,29). The van der Waals surface area contributed by atoms with Crippen molar-refractivity contribution in [3.8, 4) is 28.2 Å². The second-order valence-electron chi connectivity index (χ2n) is 7.93. The van der Waals surface area contributed by atoms with Crippen LogP contribution >= 0.6 is 11.3 Å². The molecular formula is C26H22N2O5S. The number of rotatable bonds is 6. The quantitative estimate of drug-likeness (QED) is 0.354. The maximum absolute atomic E-state index is 13.0. The average molecular weight is 475 g/mol. The Bertz CT molecular complexity index is 1360. The Labute approximate surface area is 200 Å². The summed E-state index contributed by atoms with van der Waals surface area (Å²) in [5.41, 5.74) is 3.92. The zero-order valence-corrected chi connectivity index (χ0v) is 19.5. The van der Waals surface area contributed by atoms with Gasteiger partial charge in [-0.2, -0.15) is 0 Å². The molecule has 1 amide bonds. The molecule has 1 aliphatic heterocycles. The fourth-order valence-electron chi connectivity index (χ4n) is 3.95. The first-order valence-corrected chi connectivity index (χ1v) is 11.8. The van der Waals surface area contributed by atoms with E-state index in [1.54, 1.807) is 13.0 Å². The number of anilines is 1. The third kappa shape index (κ3) is 4.20. The number of carbonyl (C=O) groups is 2. The minimum absolute atomic E-state index is 0.115. The minimum Gasteiger partial charge on any atom is -0.490 e. The van der Waals surface area contributed by atoms with Crippen molar-refractivity contribution in [1.29, 1.82) is 0 Å². The van der Waals surface area contributed by atoms with E-state index >= 15 is 0 Å². The first-order chi connectivity index (χ1) is 16.5. The summed E-state index contributed by atoms with van der Waals surface area (Å²) in [6.45, 7) is 4.00. The van der Waals surface area contributed by atoms with Gasteiger partial charge in [-0.05, 0) is 43.2 Å². The Morgan fingerprint density at radius 1 is 1.15 bits per heavy atom. The smallest absolute Gasteiger partial charge is 0.341 e. The molecule has 1 unspecified atom stereocenters. The lowest BCUT2D eigenvalue weighted by molar-refractivity contribution is 0.0529. The lowest BCUT2D eigenvalue weighted by Gasteiger charge is -2.08. The summed E-state index contributed by atoms with van der Waals surface area (Å²) in [5.74, 6) is 0.384. The number of hydrogen-bond acceptors (Lipinski definition) is 7. The molecule has 0 spiro atoms. The number of ether oxygens (including phenoxy) is 2. The van der Waals surface area contributed by atoms with Gasteiger partial charge >= 0.3 is 5.97 Å². The molecule has 5 rings (SSSR count). The molecule has 3 heterocycles. The van der Waals surface area contributed by atoms with Crippen molar-refractivity contribution in [2.45, 2.75) is 26.4 Å². The van der Waals surface area contributed by atoms with Crippen LogP contribution in [0, 0.1) is 0 Å². The number of nitrogens with zero attached hydrogens (tertiary/aromatic N) is 1. The summed E-state index contributed by atoms with van der Waals surface area (Å²) >= 11 is 1.26. The second kappa shape index (κ2) is 9.15. The summed E-state index contributed by atoms with van der Waals surface area (Å²) in [7, 11) is 0. The molecule has 0 fully saturated rings. The zero-order valence-electron chi connectivity index (χ0n) is 18.7. The largest absolute Gasteiger partial charge is 0.490 e. The van der Waals surface area contributed by atoms with Gasteiger partial charge in [-0.25, -0.2) is 4.79 Å². The Hall–Kier alpha value is -3.91. The Balaban J connectivity index is 1.40. The van der Waals surface area contributed by atoms with E-state index in [1.807, 2.05) is 60.8 Å². The van der Waals surface area contributed by atoms with E-state index in [9.17, 15) is 9.59 Å². The molecule has 8 heteroatoms. The number of thiophene rings is 1. The van der Waals surface area contributed by atoms with Gasteiger partial charge < -0.3 is 19.3 Å². The monoisotopic (exact) mass is 474 g/mol. The van der Waals surface area contributed by atoms with Crippen molar-refractivity contribution in [1.82, 2.24) is 5.16 Å². The SMILES string of the molecule is CCOC(=O)c1c(-c2ccccc2)csc1NC(=O)c1cc(-c2ccc3c(c2)CC(C)O3)on1. The van der Waals surface area contributed by atoms with Gasteiger partial charge in [0.25, 0.3) is 5.91 Å². The van der Waals surface area contributed by atoms with E-state index in [1.165, 1.54) is 11.3 Å². The van der Waals surface area contributed by atoms with Crippen LogP contribution in [-0.4, -0.2) is 29.7 Å². The van der Waals surface area contributed by atoms with Crippen molar-refractivity contribution in [2.75, 3.05) is 11.9 Å². The molecule has 0 saturated heterocycles. The van der Waals surface area contributed by atoms with E-state index < -0.39 is 11.9 Å². The number of amides is 1. The number of carbonyl (C=O) groups excluding carboxylic acids is 2. The lowest BCUT2D eigenvalue weighted by atomic mass is 10.0. The molecule has 1 aliphatic rings. The van der Waals surface area contributed by atoms with Gasteiger partial charge in [0, 0.05) is 29.0 Å². The van der Waals surface area contributed by atoms with E-state index in [4.69, 9.17) is 14.0 Å². The number of nitrogens with one attached hydrogen (secondary N) is 1. The molecule has 1 atom stereocenters. The summed E-state index contributed by atoms with van der Waals surface area (Å²) < 4.78 is 16.4. The van der Waals surface area contributed by atoms with Crippen LogP contribution in [0.25, 0.3) is 22.5 Å². The molecule has 0 bridgehead atoms. The van der Waals surface area contributed by atoms with Crippen LogP contribution in [0.4, 0.5) is 5.00 Å². The first-order valence-electron chi connectivity index (χ1n) is 11.0. The van der Waals surface area contributed by atoms with Crippen LogP contribution in [0.15, 0.2) is 64.5 Å². The highest BCUT2D eigenvalue weighted by Gasteiger charge is 2.25. The van der Waals surface area contributed by atoms with Gasteiger partial charge in [-0.15, -0.1) is 11.3 Å². The van der Waals surface area contributed by atoms with Crippen LogP contribution in [0.2, 0.25) is 0 Å². The third-order valence-electron chi connectivity index (χ3n) is 5.51. The number of fused-ring (bicyclic) bond motifs is 1. The van der Waals surface area contributed by atoms with E-state index in [0.29, 0.717) is 21.9 Å². The number of hydrogen-bond donors (Lipinski definition) is 1. The van der Waals surface area contributed by atoms with Gasteiger partial charge in [0.05, 0.1) is 6.61 Å². The number of benzene rings is 2. The van der Waals surface area contributed by atoms with Crippen molar-refractivity contribution in [3.63, 3.8) is 0 Å². The molecule has 1 N–H and O–H groups in total. The minimum atomic E-state index is -0.492. The second-order valence-corrected chi connectivity index (χ2v) is 8.81. The molecule has 4 aromatic rings. The van der Waals surface area contributed by atoms with Gasteiger partial charge in [0.1, 0.15) is 22.4 Å². The van der Waals surface area contributed by atoms with Crippen LogP contribution in [0.3, 0.4) is 0 Å². The molecule has 0 aliphatic carbocycles. The molecular weight excluding hydrogens is 452 g/mol. The highest BCUT2D eigenvalue weighted by atomic mass is 32.1. The Morgan fingerprint density at radius 3 is 2.76 bits per heavy atom. The summed E-state index contributed by atoms with van der Waals surface area (Å²) in [4.78, 5) is 25.7. The number of esters is 1. The highest BCUT2D eigenvalue weighted by molar-refractivity contribution is 7.15. The predicted molar refractivity (Wildman–Crippen MR) is 129 cm³/mol. The predicted octanol–water partition coefficient (Wildman–Crippen LogP) is 5.82. The molecule has 34 heavy (non-hydrogen) atoms. The van der Waals surface area contributed by atoms with Crippen molar-refractivity contribution >= 4 is 28.2 Å². The van der Waals surface area contributed by atoms with Crippen LogP contribution in [0.1, 0.15) is 40.3 Å². The molecule has 7 nitrogen and oxygen atoms in total. The highest BCUT2D eigenvalue weighted by Crippen LogP contribution is 2.37. The third-order valence-corrected chi connectivity index (χ3v) is 6.40. The van der Waals surface area contributed by atoms with Crippen molar-refractivity contribution in [3.05, 3.63) is 76.8 Å². The number of aromatic nitrogens is 1. The summed E-state index contributed by atoms with van der Waals surface area (Å²) in [6, 6.07) is 16.9. The van der Waals surface area contributed by atoms with Crippen LogP contribution < -0.4 is 10.1 Å². The van der Waals surface area contributed by atoms with Gasteiger partial charge in [0.2, 0.25) is 0 Å². The van der Waals surface area contributed by atoms with Crippen LogP contribution in [-0.2, 0) is 11.2 Å². The van der Waals surface area contributed by atoms with Crippen LogP contribution in [0.5, 0.6) is 5.75 Å². The average Bonchev–Trinajstić information content (AvgIpc) is 3.57.